The Labute approximate surface area is 206 Å². The van der Waals surface area contributed by atoms with E-state index >= 15 is 0 Å². The maximum Gasteiger partial charge on any atom is 0.255 e. The van der Waals surface area contributed by atoms with Gasteiger partial charge in [0.25, 0.3) is 5.91 Å². The van der Waals surface area contributed by atoms with E-state index in [2.05, 4.69) is 5.32 Å². The lowest BCUT2D eigenvalue weighted by molar-refractivity contribution is -0.257. The van der Waals surface area contributed by atoms with E-state index in [0.29, 0.717) is 0 Å². The van der Waals surface area contributed by atoms with Crippen LogP contribution in [-0.2, 0) is 14.6 Å². The third kappa shape index (κ3) is 4.16. The Kier molecular flexibility index (Phi) is 6.54. The quantitative estimate of drug-likeness (QED) is 0.529. The second-order valence-electron chi connectivity index (χ2n) is 9.34. The van der Waals surface area contributed by atoms with Crippen LogP contribution in [0.15, 0.2) is 41.3 Å². The molecule has 3 fully saturated rings. The molecule has 3 aliphatic rings. The first-order valence-corrected chi connectivity index (χ1v) is 12.9. The van der Waals surface area contributed by atoms with Gasteiger partial charge in [-0.05, 0) is 67.9 Å². The first-order chi connectivity index (χ1) is 16.3. The van der Waals surface area contributed by atoms with Crippen LogP contribution in [0.25, 0.3) is 0 Å². The molecule has 0 radical (unpaired) electrons. The molecule has 3 saturated carbocycles. The van der Waals surface area contributed by atoms with Gasteiger partial charge in [0.1, 0.15) is 11.7 Å². The van der Waals surface area contributed by atoms with E-state index in [-0.39, 0.29) is 39.9 Å². The highest BCUT2D eigenvalue weighted by molar-refractivity contribution is 7.92. The number of aliphatic hydroxyl groups is 2. The summed E-state index contributed by atoms with van der Waals surface area (Å²) >= 11 is 6.19. The van der Waals surface area contributed by atoms with Crippen LogP contribution in [0.5, 0.6) is 0 Å². The molecule has 2 aromatic carbocycles. The topological polar surface area (TPSA) is 121 Å². The lowest BCUT2D eigenvalue weighted by Gasteiger charge is -2.63. The van der Waals surface area contributed by atoms with Crippen molar-refractivity contribution in [2.24, 2.45) is 17.8 Å². The van der Waals surface area contributed by atoms with Gasteiger partial charge >= 0.3 is 0 Å². The predicted octanol–water partition coefficient (Wildman–Crippen LogP) is 3.37. The van der Waals surface area contributed by atoms with E-state index in [4.69, 9.17) is 11.6 Å². The second kappa shape index (κ2) is 8.92. The summed E-state index contributed by atoms with van der Waals surface area (Å²) in [5.74, 6) is -4.84. The van der Waals surface area contributed by atoms with Crippen LogP contribution in [0.4, 0.5) is 14.5 Å². The molecule has 188 valence electrons. The molecular weight excluding hydrogens is 504 g/mol. The van der Waals surface area contributed by atoms with E-state index in [1.807, 2.05) is 6.92 Å². The summed E-state index contributed by atoms with van der Waals surface area (Å²) in [5.41, 5.74) is -1.75. The molecule has 2 unspecified atom stereocenters. The molecule has 35 heavy (non-hydrogen) atoms. The molecule has 0 saturated heterocycles. The number of Topliss-reactive ketones (excluding diaryl/α,β-unsaturated/α-hetero) is 1. The molecule has 1 amide bonds. The van der Waals surface area contributed by atoms with Gasteiger partial charge in [-0.25, -0.2) is 17.2 Å². The number of rotatable bonds is 6. The highest BCUT2D eigenvalue weighted by Gasteiger charge is 2.67. The smallest absolute Gasteiger partial charge is 0.255 e. The van der Waals surface area contributed by atoms with Crippen molar-refractivity contribution >= 4 is 38.8 Å². The maximum absolute atomic E-state index is 13.5. The standard InChI is InChI=1S/C24H24ClF2NO6S/c1-11-16-9-15(10-17(11)24(16,32)22(30)12(2)29)35(33,34)21-7-13(3-5-18(21)25)23(31)28-14-4-6-19(26)20(27)8-14/h3-8,11,15-17,22,30,32H,9-10H2,1-2H3,(H,28,31)/t11?,15?,16?,17?,22-,24?/m1/s1. The molecule has 2 aromatic rings. The van der Waals surface area contributed by atoms with Gasteiger partial charge in [-0.15, -0.1) is 0 Å². The van der Waals surface area contributed by atoms with E-state index in [1.165, 1.54) is 19.1 Å². The largest absolute Gasteiger partial charge is 0.386 e. The Bertz CT molecular complexity index is 1300. The Morgan fingerprint density at radius 1 is 1.11 bits per heavy atom. The van der Waals surface area contributed by atoms with Gasteiger partial charge in [0.15, 0.2) is 27.3 Å². The van der Waals surface area contributed by atoms with Crippen molar-refractivity contribution in [1.29, 1.82) is 0 Å². The van der Waals surface area contributed by atoms with Crippen molar-refractivity contribution in [2.75, 3.05) is 5.32 Å². The summed E-state index contributed by atoms with van der Waals surface area (Å²) in [6, 6.07) is 6.49. The molecule has 3 N–H and O–H groups in total. The lowest BCUT2D eigenvalue weighted by Crippen LogP contribution is -2.73. The molecule has 0 aromatic heterocycles. The minimum atomic E-state index is -4.06. The van der Waals surface area contributed by atoms with E-state index in [9.17, 15) is 37.0 Å². The van der Waals surface area contributed by atoms with Crippen LogP contribution in [0.3, 0.4) is 0 Å². The fourth-order valence-electron chi connectivity index (χ4n) is 5.55. The molecular formula is C24H24ClF2NO6S. The zero-order valence-electron chi connectivity index (χ0n) is 18.8. The van der Waals surface area contributed by atoms with Crippen LogP contribution in [0.2, 0.25) is 5.02 Å². The van der Waals surface area contributed by atoms with Crippen LogP contribution < -0.4 is 5.32 Å². The molecule has 0 heterocycles. The maximum atomic E-state index is 13.5. The first-order valence-electron chi connectivity index (χ1n) is 11.0. The van der Waals surface area contributed by atoms with Crippen LogP contribution in [-0.4, -0.2) is 47.3 Å². The summed E-state index contributed by atoms with van der Waals surface area (Å²) < 4.78 is 53.6. The van der Waals surface area contributed by atoms with E-state index < -0.39 is 62.0 Å². The molecule has 3 atom stereocenters. The molecule has 11 heteroatoms. The Morgan fingerprint density at radius 3 is 2.31 bits per heavy atom. The Balaban J connectivity index is 1.58. The lowest BCUT2D eigenvalue weighted by atomic mass is 9.46. The number of benzene rings is 2. The minimum absolute atomic E-state index is 0.0158. The van der Waals surface area contributed by atoms with Crippen molar-refractivity contribution in [3.63, 3.8) is 0 Å². The number of carbonyl (C=O) groups is 2. The number of fused-ring (bicyclic) bond motifs is 2. The predicted molar refractivity (Wildman–Crippen MR) is 124 cm³/mol. The SMILES string of the molecule is CC(=O)[C@@H](O)C1(O)C2CC(S(=O)(=O)c3cc(C(=O)Nc4ccc(F)c(F)c4)ccc3Cl)CC1C2C. The summed E-state index contributed by atoms with van der Waals surface area (Å²) in [6.45, 7) is 3.02. The van der Waals surface area contributed by atoms with Crippen molar-refractivity contribution in [2.45, 2.75) is 48.5 Å². The van der Waals surface area contributed by atoms with Crippen molar-refractivity contribution in [1.82, 2.24) is 0 Å². The zero-order valence-corrected chi connectivity index (χ0v) is 20.4. The molecule has 7 nitrogen and oxygen atoms in total. The van der Waals surface area contributed by atoms with Crippen LogP contribution in [0.1, 0.15) is 37.0 Å². The highest BCUT2D eigenvalue weighted by atomic mass is 35.5. The fourth-order valence-corrected chi connectivity index (χ4v) is 7.90. The Morgan fingerprint density at radius 2 is 1.74 bits per heavy atom. The van der Waals surface area contributed by atoms with Gasteiger partial charge in [-0.3, -0.25) is 9.59 Å². The fraction of sp³-hybridized carbons (Fsp3) is 0.417. The second-order valence-corrected chi connectivity index (χ2v) is 11.9. The highest BCUT2D eigenvalue weighted by Crippen LogP contribution is 2.60. The summed E-state index contributed by atoms with van der Waals surface area (Å²) in [5, 5.41) is 22.6. The average Bonchev–Trinajstić information content (AvgIpc) is 2.81. The number of aliphatic hydroxyl groups excluding tert-OH is 1. The van der Waals surface area contributed by atoms with Crippen molar-refractivity contribution in [3.05, 3.63) is 58.6 Å². The van der Waals surface area contributed by atoms with Crippen LogP contribution >= 0.6 is 11.6 Å². The third-order valence-corrected chi connectivity index (χ3v) is 10.1. The van der Waals surface area contributed by atoms with Gasteiger partial charge in [0.05, 0.1) is 15.2 Å². The number of nitrogens with one attached hydrogen (secondary N) is 1. The molecule has 0 aliphatic heterocycles. The number of ketones is 1. The van der Waals surface area contributed by atoms with Gasteiger partial charge in [-0.2, -0.15) is 0 Å². The first kappa shape index (κ1) is 25.7. The third-order valence-electron chi connectivity index (χ3n) is 7.43. The van der Waals surface area contributed by atoms with E-state index in [1.54, 1.807) is 0 Å². The number of amides is 1. The van der Waals surface area contributed by atoms with Gasteiger partial charge in [0, 0.05) is 17.3 Å². The zero-order chi connectivity index (χ0) is 25.9. The summed E-state index contributed by atoms with van der Waals surface area (Å²) in [4.78, 5) is 24.1. The van der Waals surface area contributed by atoms with E-state index in [0.717, 1.165) is 24.3 Å². The van der Waals surface area contributed by atoms with Crippen molar-refractivity contribution in [3.8, 4) is 0 Å². The number of carbonyl (C=O) groups excluding carboxylic acids is 2. The van der Waals surface area contributed by atoms with Gasteiger partial charge < -0.3 is 15.5 Å². The van der Waals surface area contributed by atoms with Crippen LogP contribution in [0, 0.1) is 29.4 Å². The molecule has 0 spiro atoms. The monoisotopic (exact) mass is 527 g/mol. The minimum Gasteiger partial charge on any atom is -0.386 e. The summed E-state index contributed by atoms with van der Waals surface area (Å²) in [6.07, 6.45) is -1.56. The van der Waals surface area contributed by atoms with Gasteiger partial charge in [-0.1, -0.05) is 18.5 Å². The number of anilines is 1. The number of hydrogen-bond acceptors (Lipinski definition) is 6. The number of halogens is 3. The number of hydrogen-bond donors (Lipinski definition) is 3. The normalized spacial score (nSPS) is 28.7. The molecule has 2 bridgehead atoms. The van der Waals surface area contributed by atoms with Crippen molar-refractivity contribution < 1.29 is 37.0 Å². The molecule has 5 rings (SSSR count). The Hall–Kier alpha value is -2.40. The average molecular weight is 528 g/mol. The van der Waals surface area contributed by atoms with Gasteiger partial charge in [0.2, 0.25) is 0 Å². The number of sulfone groups is 1. The summed E-state index contributed by atoms with van der Waals surface area (Å²) in [7, 11) is -4.06. The molecule has 3 aliphatic carbocycles.